The zero-order valence-corrected chi connectivity index (χ0v) is 11.6. The fourth-order valence-corrected chi connectivity index (χ4v) is 1.72. The Morgan fingerprint density at radius 2 is 1.95 bits per heavy atom. The number of hydrazone groups is 1. The molecule has 1 aromatic heterocycles. The van der Waals surface area contributed by atoms with Gasteiger partial charge in [-0.25, -0.2) is 5.43 Å². The van der Waals surface area contributed by atoms with Crippen molar-refractivity contribution in [1.29, 1.82) is 0 Å². The van der Waals surface area contributed by atoms with Gasteiger partial charge in [-0.1, -0.05) is 0 Å². The Morgan fingerprint density at radius 1 is 1.29 bits per heavy atom. The Bertz CT molecular complexity index is 702. The summed E-state index contributed by atoms with van der Waals surface area (Å²) in [4.78, 5) is 21.8. The SMILES string of the molecule is Cc1ccc(/C=N/NC(=O)c2ccc([N+](=O)[O-])cc2)n1C. The highest BCUT2D eigenvalue weighted by molar-refractivity contribution is 5.94. The van der Waals surface area contributed by atoms with Crippen molar-refractivity contribution in [2.24, 2.45) is 12.1 Å². The molecule has 0 bridgehead atoms. The van der Waals surface area contributed by atoms with Gasteiger partial charge in [0, 0.05) is 30.4 Å². The number of carbonyl (C=O) groups excluding carboxylic acids is 1. The van der Waals surface area contributed by atoms with Crippen molar-refractivity contribution >= 4 is 17.8 Å². The second-order valence-electron chi connectivity index (χ2n) is 4.46. The molecule has 1 amide bonds. The third-order valence-electron chi connectivity index (χ3n) is 3.11. The van der Waals surface area contributed by atoms with E-state index in [0.717, 1.165) is 11.4 Å². The van der Waals surface area contributed by atoms with Gasteiger partial charge in [0.05, 0.1) is 16.8 Å². The average Bonchev–Trinajstić information content (AvgIpc) is 2.79. The van der Waals surface area contributed by atoms with Crippen LogP contribution in [0.1, 0.15) is 21.7 Å². The van der Waals surface area contributed by atoms with Gasteiger partial charge in [-0.15, -0.1) is 0 Å². The number of carbonyl (C=O) groups is 1. The minimum Gasteiger partial charge on any atom is -0.347 e. The maximum Gasteiger partial charge on any atom is 0.271 e. The van der Waals surface area contributed by atoms with Crippen LogP contribution in [0, 0.1) is 17.0 Å². The van der Waals surface area contributed by atoms with Gasteiger partial charge in [-0.05, 0) is 31.2 Å². The maximum absolute atomic E-state index is 11.8. The third kappa shape index (κ3) is 3.33. The lowest BCUT2D eigenvalue weighted by Crippen LogP contribution is -2.17. The van der Waals surface area contributed by atoms with E-state index in [0.29, 0.717) is 5.56 Å². The number of nitrogens with one attached hydrogen (secondary N) is 1. The number of aryl methyl sites for hydroxylation is 1. The highest BCUT2D eigenvalue weighted by Crippen LogP contribution is 2.11. The molecule has 0 fully saturated rings. The van der Waals surface area contributed by atoms with Gasteiger partial charge in [-0.3, -0.25) is 14.9 Å². The number of amides is 1. The molecule has 0 aliphatic heterocycles. The normalized spacial score (nSPS) is 10.8. The first-order valence-electron chi connectivity index (χ1n) is 6.19. The highest BCUT2D eigenvalue weighted by Gasteiger charge is 2.08. The Morgan fingerprint density at radius 3 is 2.48 bits per heavy atom. The van der Waals surface area contributed by atoms with Gasteiger partial charge >= 0.3 is 0 Å². The second kappa shape index (κ2) is 6.00. The Kier molecular flexibility index (Phi) is 4.13. The van der Waals surface area contributed by atoms with Crippen LogP contribution < -0.4 is 5.43 Å². The Labute approximate surface area is 121 Å². The first kappa shape index (κ1) is 14.4. The fraction of sp³-hybridized carbons (Fsp3) is 0.143. The largest absolute Gasteiger partial charge is 0.347 e. The molecule has 2 aromatic rings. The molecule has 1 aromatic carbocycles. The van der Waals surface area contributed by atoms with Crippen LogP contribution in [-0.2, 0) is 7.05 Å². The molecule has 0 radical (unpaired) electrons. The van der Waals surface area contributed by atoms with E-state index >= 15 is 0 Å². The average molecular weight is 286 g/mol. The van der Waals surface area contributed by atoms with Crippen molar-refractivity contribution in [3.8, 4) is 0 Å². The van der Waals surface area contributed by atoms with E-state index in [9.17, 15) is 14.9 Å². The van der Waals surface area contributed by atoms with Gasteiger partial charge in [0.15, 0.2) is 0 Å². The number of non-ortho nitro benzene ring substituents is 1. The number of nitrogens with zero attached hydrogens (tertiary/aromatic N) is 3. The molecule has 1 N–H and O–H groups in total. The lowest BCUT2D eigenvalue weighted by molar-refractivity contribution is -0.384. The Hall–Kier alpha value is -2.96. The molecule has 0 unspecified atom stereocenters. The molecule has 7 heteroatoms. The van der Waals surface area contributed by atoms with Crippen LogP contribution in [0.3, 0.4) is 0 Å². The number of hydrogen-bond acceptors (Lipinski definition) is 4. The molecule has 2 rings (SSSR count). The third-order valence-corrected chi connectivity index (χ3v) is 3.11. The zero-order valence-electron chi connectivity index (χ0n) is 11.6. The molecule has 0 saturated heterocycles. The summed E-state index contributed by atoms with van der Waals surface area (Å²) in [5.74, 6) is -0.424. The van der Waals surface area contributed by atoms with E-state index in [1.54, 1.807) is 0 Å². The van der Waals surface area contributed by atoms with Gasteiger partial charge in [0.2, 0.25) is 0 Å². The van der Waals surface area contributed by atoms with Gasteiger partial charge in [0.25, 0.3) is 11.6 Å². The van der Waals surface area contributed by atoms with Crippen LogP contribution in [0.2, 0.25) is 0 Å². The number of benzene rings is 1. The highest BCUT2D eigenvalue weighted by atomic mass is 16.6. The van der Waals surface area contributed by atoms with E-state index in [2.05, 4.69) is 10.5 Å². The topological polar surface area (TPSA) is 89.5 Å². The van der Waals surface area contributed by atoms with Gasteiger partial charge < -0.3 is 4.57 Å². The van der Waals surface area contributed by atoms with Crippen molar-refractivity contribution in [2.75, 3.05) is 0 Å². The lowest BCUT2D eigenvalue weighted by Gasteiger charge is -2.01. The van der Waals surface area contributed by atoms with Gasteiger partial charge in [0.1, 0.15) is 0 Å². The predicted molar refractivity (Wildman–Crippen MR) is 78.3 cm³/mol. The molecule has 0 spiro atoms. The molecular formula is C14H14N4O3. The number of hydrogen-bond donors (Lipinski definition) is 1. The molecule has 0 saturated carbocycles. The van der Waals surface area contributed by atoms with Crippen LogP contribution in [0.5, 0.6) is 0 Å². The summed E-state index contributed by atoms with van der Waals surface area (Å²) in [5.41, 5.74) is 4.56. The van der Waals surface area contributed by atoms with Crippen molar-refractivity contribution in [1.82, 2.24) is 9.99 Å². The van der Waals surface area contributed by atoms with E-state index in [1.807, 2.05) is 30.7 Å². The smallest absolute Gasteiger partial charge is 0.271 e. The minimum atomic E-state index is -0.516. The van der Waals surface area contributed by atoms with Crippen LogP contribution in [0.15, 0.2) is 41.5 Å². The summed E-state index contributed by atoms with van der Waals surface area (Å²) in [7, 11) is 1.90. The molecule has 7 nitrogen and oxygen atoms in total. The molecule has 0 aliphatic carbocycles. The maximum atomic E-state index is 11.8. The number of nitro benzene ring substituents is 1. The summed E-state index contributed by atoms with van der Waals surface area (Å²) in [6.07, 6.45) is 1.54. The summed E-state index contributed by atoms with van der Waals surface area (Å²) in [6, 6.07) is 9.15. The quantitative estimate of drug-likeness (QED) is 0.529. The van der Waals surface area contributed by atoms with Crippen molar-refractivity contribution in [3.63, 3.8) is 0 Å². The van der Waals surface area contributed by atoms with Crippen LogP contribution in [-0.4, -0.2) is 21.6 Å². The fourth-order valence-electron chi connectivity index (χ4n) is 1.72. The van der Waals surface area contributed by atoms with Gasteiger partial charge in [-0.2, -0.15) is 5.10 Å². The zero-order chi connectivity index (χ0) is 15.4. The predicted octanol–water partition coefficient (Wildman–Crippen LogP) is 2.01. The number of aromatic nitrogens is 1. The molecule has 108 valence electrons. The summed E-state index contributed by atoms with van der Waals surface area (Å²) in [6.45, 7) is 1.97. The molecule has 1 heterocycles. The van der Waals surface area contributed by atoms with Crippen molar-refractivity contribution < 1.29 is 9.72 Å². The molecule has 21 heavy (non-hydrogen) atoms. The van der Waals surface area contributed by atoms with E-state index in [-0.39, 0.29) is 5.69 Å². The van der Waals surface area contributed by atoms with Crippen molar-refractivity contribution in [3.05, 3.63) is 63.5 Å². The molecule has 0 atom stereocenters. The van der Waals surface area contributed by atoms with Crippen LogP contribution >= 0.6 is 0 Å². The van der Waals surface area contributed by atoms with E-state index < -0.39 is 10.8 Å². The number of rotatable bonds is 4. The number of nitro groups is 1. The van der Waals surface area contributed by atoms with Crippen LogP contribution in [0.4, 0.5) is 5.69 Å². The van der Waals surface area contributed by atoms with E-state index in [1.165, 1.54) is 30.5 Å². The van der Waals surface area contributed by atoms with E-state index in [4.69, 9.17) is 0 Å². The Balaban J connectivity index is 2.01. The monoisotopic (exact) mass is 286 g/mol. The second-order valence-corrected chi connectivity index (χ2v) is 4.46. The summed E-state index contributed by atoms with van der Waals surface area (Å²) < 4.78 is 1.93. The summed E-state index contributed by atoms with van der Waals surface area (Å²) in [5, 5.41) is 14.4. The standard InChI is InChI=1S/C14H14N4O3/c1-10-3-6-13(17(10)2)9-15-16-14(19)11-4-7-12(8-5-11)18(20)21/h3-9H,1-2H3,(H,16,19)/b15-9+. The first-order chi connectivity index (χ1) is 9.99. The van der Waals surface area contributed by atoms with Crippen molar-refractivity contribution in [2.45, 2.75) is 6.92 Å². The molecule has 0 aliphatic rings. The minimum absolute atomic E-state index is 0.0608. The lowest BCUT2D eigenvalue weighted by atomic mass is 10.2. The molecular weight excluding hydrogens is 272 g/mol. The van der Waals surface area contributed by atoms with Crippen LogP contribution in [0.25, 0.3) is 0 Å². The first-order valence-corrected chi connectivity index (χ1v) is 6.19. The summed E-state index contributed by atoms with van der Waals surface area (Å²) >= 11 is 0.